The van der Waals surface area contributed by atoms with Crippen molar-refractivity contribution in [1.29, 1.82) is 0 Å². The van der Waals surface area contributed by atoms with Gasteiger partial charge in [-0.2, -0.15) is 5.57 Å². The van der Waals surface area contributed by atoms with E-state index in [-0.39, 0.29) is 29.6 Å². The third-order valence-electron chi connectivity index (χ3n) is 0.872. The summed E-state index contributed by atoms with van der Waals surface area (Å²) in [6.45, 7) is 2.08. The molecule has 0 saturated carbocycles. The van der Waals surface area contributed by atoms with Crippen LogP contribution in [0.15, 0.2) is 17.7 Å². The Hall–Kier alpha value is 0.480. The van der Waals surface area contributed by atoms with Gasteiger partial charge in [-0.3, -0.25) is 6.08 Å². The topological polar surface area (TPSA) is 0 Å². The first kappa shape index (κ1) is 7.48. The van der Waals surface area contributed by atoms with Crippen LogP contribution in [0.5, 0.6) is 0 Å². The van der Waals surface area contributed by atoms with Crippen LogP contribution in [0.1, 0.15) is 13.3 Å². The van der Waals surface area contributed by atoms with Crippen LogP contribution in [-0.2, 0) is 0 Å². The summed E-state index contributed by atoms with van der Waals surface area (Å²) in [5.41, 5.74) is 1.34. The zero-order valence-corrected chi connectivity index (χ0v) is 6.86. The molecular weight excluding hydrogens is 95.1 g/mol. The van der Waals surface area contributed by atoms with E-state index in [1.165, 1.54) is 5.57 Å². The Morgan fingerprint density at radius 2 is 2.43 bits per heavy atom. The molecule has 0 heterocycles. The summed E-state index contributed by atoms with van der Waals surface area (Å²) in [7, 11) is 0. The van der Waals surface area contributed by atoms with E-state index in [9.17, 15) is 0 Å². The summed E-state index contributed by atoms with van der Waals surface area (Å²) < 4.78 is 0. The van der Waals surface area contributed by atoms with Crippen LogP contribution in [0.2, 0.25) is 0 Å². The number of hydrogen-bond donors (Lipinski definition) is 0. The molecule has 1 rings (SSSR count). The van der Waals surface area contributed by atoms with Gasteiger partial charge in [0.05, 0.1) is 0 Å². The number of allylic oxidation sites excluding steroid dienone is 4. The SMILES string of the molecule is CC1=[C-]C=CC1.[Na+]. The van der Waals surface area contributed by atoms with E-state index in [2.05, 4.69) is 19.1 Å². The molecule has 0 radical (unpaired) electrons. The molecule has 1 heteroatoms. The van der Waals surface area contributed by atoms with Gasteiger partial charge in [-0.15, -0.1) is 0 Å². The van der Waals surface area contributed by atoms with Crippen molar-refractivity contribution < 1.29 is 29.6 Å². The maximum atomic E-state index is 3.06. The van der Waals surface area contributed by atoms with Gasteiger partial charge in [-0.05, 0) is 0 Å². The smallest absolute Gasteiger partial charge is 0.253 e. The molecule has 0 unspecified atom stereocenters. The first-order valence-corrected chi connectivity index (χ1v) is 2.13. The van der Waals surface area contributed by atoms with Crippen LogP contribution < -0.4 is 29.6 Å². The first-order chi connectivity index (χ1) is 2.89. The molecular formula is C6H7Na. The molecule has 7 heavy (non-hydrogen) atoms. The number of hydrogen-bond acceptors (Lipinski definition) is 0. The van der Waals surface area contributed by atoms with Crippen molar-refractivity contribution in [2.24, 2.45) is 0 Å². The molecule has 0 spiro atoms. The Morgan fingerprint density at radius 3 is 2.57 bits per heavy atom. The fourth-order valence-corrected chi connectivity index (χ4v) is 0.496. The van der Waals surface area contributed by atoms with Crippen LogP contribution in [-0.4, -0.2) is 0 Å². The van der Waals surface area contributed by atoms with Gasteiger partial charge >= 0.3 is 29.6 Å². The average molecular weight is 102 g/mol. The molecule has 1 aliphatic carbocycles. The Morgan fingerprint density at radius 1 is 1.71 bits per heavy atom. The van der Waals surface area contributed by atoms with Gasteiger partial charge in [0.2, 0.25) is 0 Å². The van der Waals surface area contributed by atoms with Crippen molar-refractivity contribution in [3.63, 3.8) is 0 Å². The summed E-state index contributed by atoms with van der Waals surface area (Å²) >= 11 is 0. The van der Waals surface area contributed by atoms with Crippen molar-refractivity contribution in [1.82, 2.24) is 0 Å². The van der Waals surface area contributed by atoms with Crippen molar-refractivity contribution >= 4 is 0 Å². The van der Waals surface area contributed by atoms with Gasteiger partial charge in [0, 0.05) is 0 Å². The van der Waals surface area contributed by atoms with E-state index < -0.39 is 0 Å². The van der Waals surface area contributed by atoms with Gasteiger partial charge in [-0.1, -0.05) is 13.3 Å². The molecule has 0 nitrogen and oxygen atoms in total. The van der Waals surface area contributed by atoms with E-state index in [1.54, 1.807) is 0 Å². The minimum atomic E-state index is 0. The Labute approximate surface area is 66.6 Å². The van der Waals surface area contributed by atoms with Crippen molar-refractivity contribution in [3.8, 4) is 0 Å². The second kappa shape index (κ2) is 3.48. The predicted octanol–water partition coefficient (Wildman–Crippen LogP) is -1.30. The van der Waals surface area contributed by atoms with E-state index in [0.29, 0.717) is 0 Å². The molecule has 0 aromatic carbocycles. The molecule has 0 aliphatic heterocycles. The van der Waals surface area contributed by atoms with Crippen molar-refractivity contribution in [2.75, 3.05) is 0 Å². The normalized spacial score (nSPS) is 15.9. The van der Waals surface area contributed by atoms with E-state index in [0.717, 1.165) is 6.42 Å². The third-order valence-corrected chi connectivity index (χ3v) is 0.872. The molecule has 1 aliphatic rings. The largest absolute Gasteiger partial charge is 1.00 e. The maximum absolute atomic E-state index is 3.06. The zero-order valence-electron chi connectivity index (χ0n) is 4.86. The summed E-state index contributed by atoms with van der Waals surface area (Å²) in [6, 6.07) is 0. The van der Waals surface area contributed by atoms with Gasteiger partial charge in [0.25, 0.3) is 0 Å². The Balaban J connectivity index is 0.000000360. The second-order valence-electron chi connectivity index (χ2n) is 1.53. The quantitative estimate of drug-likeness (QED) is 0.263. The molecule has 0 atom stereocenters. The minimum Gasteiger partial charge on any atom is -0.253 e. The molecule has 0 aromatic rings. The Kier molecular flexibility index (Phi) is 3.72. The third kappa shape index (κ3) is 2.32. The minimum absolute atomic E-state index is 0. The van der Waals surface area contributed by atoms with Crippen molar-refractivity contribution in [3.05, 3.63) is 23.8 Å². The van der Waals surface area contributed by atoms with Gasteiger partial charge in [0.15, 0.2) is 0 Å². The van der Waals surface area contributed by atoms with Gasteiger partial charge in [0.1, 0.15) is 0 Å². The molecule has 0 aromatic heterocycles. The van der Waals surface area contributed by atoms with Gasteiger partial charge in [-0.25, -0.2) is 12.2 Å². The molecule has 0 fully saturated rings. The predicted molar refractivity (Wildman–Crippen MR) is 26.2 cm³/mol. The first-order valence-electron chi connectivity index (χ1n) is 2.13. The van der Waals surface area contributed by atoms with Crippen molar-refractivity contribution in [2.45, 2.75) is 13.3 Å². The van der Waals surface area contributed by atoms with Crippen LogP contribution >= 0.6 is 0 Å². The molecule has 0 amide bonds. The van der Waals surface area contributed by atoms with Gasteiger partial charge < -0.3 is 0 Å². The summed E-state index contributed by atoms with van der Waals surface area (Å²) in [5.74, 6) is 0. The summed E-state index contributed by atoms with van der Waals surface area (Å²) in [6.07, 6.45) is 8.24. The molecule has 0 saturated heterocycles. The monoisotopic (exact) mass is 102 g/mol. The maximum Gasteiger partial charge on any atom is 1.00 e. The van der Waals surface area contributed by atoms with E-state index >= 15 is 0 Å². The van der Waals surface area contributed by atoms with E-state index in [4.69, 9.17) is 0 Å². The zero-order chi connectivity index (χ0) is 4.41. The average Bonchev–Trinajstić information content (AvgIpc) is 1.86. The van der Waals surface area contributed by atoms with Crippen LogP contribution in [0.3, 0.4) is 0 Å². The molecule has 0 N–H and O–H groups in total. The fraction of sp³-hybridized carbons (Fsp3) is 0.333. The van der Waals surface area contributed by atoms with Crippen LogP contribution in [0.25, 0.3) is 0 Å². The van der Waals surface area contributed by atoms with E-state index in [1.807, 2.05) is 6.08 Å². The fourth-order valence-electron chi connectivity index (χ4n) is 0.496. The summed E-state index contributed by atoms with van der Waals surface area (Å²) in [5, 5.41) is 0. The molecule has 32 valence electrons. The van der Waals surface area contributed by atoms with Crippen LogP contribution in [0.4, 0.5) is 0 Å². The van der Waals surface area contributed by atoms with Crippen LogP contribution in [0, 0.1) is 6.08 Å². The standard InChI is InChI=1S/C6H7.Na/c1-6-4-2-3-5-6;/h2-3H,4H2,1H3;/q-1;+1. The summed E-state index contributed by atoms with van der Waals surface area (Å²) in [4.78, 5) is 0. The molecule has 0 bridgehead atoms. The Bertz CT molecular complexity index is 101. The number of rotatable bonds is 0. The second-order valence-corrected chi connectivity index (χ2v) is 1.53.